The number of methoxy groups -OCH3 is 1. The molecule has 10 heteroatoms. The van der Waals surface area contributed by atoms with Gasteiger partial charge in [-0.05, 0) is 26.8 Å². The highest BCUT2D eigenvalue weighted by atomic mass is 16.6. The average Bonchev–Trinajstić information content (AvgIpc) is 2.79. The molecule has 0 spiro atoms. The van der Waals surface area contributed by atoms with Crippen LogP contribution in [0.5, 0.6) is 17.4 Å². The van der Waals surface area contributed by atoms with Crippen LogP contribution in [0.15, 0.2) is 24.4 Å². The lowest BCUT2D eigenvalue weighted by Gasteiger charge is -2.32. The Morgan fingerprint density at radius 3 is 2.67 bits per heavy atom. The van der Waals surface area contributed by atoms with E-state index in [2.05, 4.69) is 15.3 Å². The van der Waals surface area contributed by atoms with Gasteiger partial charge < -0.3 is 34.3 Å². The Hall–Kier alpha value is -3.27. The number of aliphatic hydroxyl groups is 1. The number of aryl methyl sites for hydroxylation is 1. The second-order valence-corrected chi connectivity index (χ2v) is 7.91. The van der Waals surface area contributed by atoms with E-state index in [0.717, 1.165) is 5.69 Å². The fourth-order valence-corrected chi connectivity index (χ4v) is 3.45. The summed E-state index contributed by atoms with van der Waals surface area (Å²) in [7, 11) is 1.57. The Kier molecular flexibility index (Phi) is 8.53. The highest BCUT2D eigenvalue weighted by Gasteiger charge is 2.26. The molecule has 1 aliphatic rings. The van der Waals surface area contributed by atoms with Gasteiger partial charge in [-0.2, -0.15) is 0 Å². The minimum Gasteiger partial charge on any atom is -0.490 e. The van der Waals surface area contributed by atoms with Gasteiger partial charge in [-0.3, -0.25) is 0 Å². The number of nitrogens with zero attached hydrogens (tertiary/aromatic N) is 3. The molecule has 1 saturated heterocycles. The average molecular weight is 461 g/mol. The minimum absolute atomic E-state index is 0.0522. The lowest BCUT2D eigenvalue weighted by atomic mass is 10.1. The molecule has 0 aromatic carbocycles. The molecule has 3 rings (SSSR count). The van der Waals surface area contributed by atoms with Crippen LogP contribution < -0.4 is 19.5 Å². The zero-order valence-electron chi connectivity index (χ0n) is 19.5. The van der Waals surface area contributed by atoms with Gasteiger partial charge >= 0.3 is 6.09 Å². The summed E-state index contributed by atoms with van der Waals surface area (Å²) < 4.78 is 22.4. The molecule has 0 atom stereocenters. The predicted octanol–water partition coefficient (Wildman–Crippen LogP) is 3.30. The maximum atomic E-state index is 12.1. The van der Waals surface area contributed by atoms with Crippen LogP contribution in [0, 0.1) is 6.92 Å². The van der Waals surface area contributed by atoms with Crippen LogP contribution in [0.4, 0.5) is 16.3 Å². The Bertz CT molecular complexity index is 931. The molecule has 2 aromatic heterocycles. The Morgan fingerprint density at radius 1 is 1.27 bits per heavy atom. The summed E-state index contributed by atoms with van der Waals surface area (Å²) >= 11 is 0. The van der Waals surface area contributed by atoms with Crippen molar-refractivity contribution in [2.75, 3.05) is 38.7 Å². The second kappa shape index (κ2) is 11.6. The molecule has 0 bridgehead atoms. The lowest BCUT2D eigenvalue weighted by molar-refractivity contribution is 0.0511. The molecule has 0 saturated carbocycles. The summed E-state index contributed by atoms with van der Waals surface area (Å²) in [5.74, 6) is 2.00. The number of carbonyl (C=O) groups excluding carboxylic acids is 1. The number of anilines is 2. The van der Waals surface area contributed by atoms with Gasteiger partial charge in [0.1, 0.15) is 12.7 Å². The Balaban J connectivity index is 1.66. The van der Waals surface area contributed by atoms with Crippen molar-refractivity contribution in [2.45, 2.75) is 45.8 Å². The first-order valence-corrected chi connectivity index (χ1v) is 11.0. The van der Waals surface area contributed by atoms with Crippen LogP contribution in [0.2, 0.25) is 0 Å². The number of carbonyl (C=O) groups is 1. The van der Waals surface area contributed by atoms with Gasteiger partial charge in [-0.1, -0.05) is 0 Å². The van der Waals surface area contributed by atoms with Crippen LogP contribution >= 0.6 is 0 Å². The summed E-state index contributed by atoms with van der Waals surface area (Å²) in [6, 6.07) is 5.31. The maximum absolute atomic E-state index is 12.1. The van der Waals surface area contributed by atoms with Gasteiger partial charge in [0.15, 0.2) is 11.6 Å². The van der Waals surface area contributed by atoms with Gasteiger partial charge in [-0.15, -0.1) is 0 Å². The van der Waals surface area contributed by atoms with Crippen molar-refractivity contribution in [3.8, 4) is 17.4 Å². The first kappa shape index (κ1) is 24.4. The Labute approximate surface area is 193 Å². The Morgan fingerprint density at radius 2 is 2.03 bits per heavy atom. The number of likely N-dealkylation sites (tertiary alicyclic amines) is 1. The standard InChI is InChI=1S/C23H32N4O6/c1-15(2)32-23(29)27-11-8-17(9-12-27)33-19-7-10-24-22(21(19)30-4)26-18-5-6-20(25-16(18)3)31-14-13-28/h5-7,10,15,17,28H,8-9,11-14H2,1-4H3,(H,24,26). The molecule has 2 N–H and O–H groups in total. The molecular weight excluding hydrogens is 428 g/mol. The molecule has 1 aliphatic heterocycles. The number of aliphatic hydroxyl groups excluding tert-OH is 1. The molecule has 10 nitrogen and oxygen atoms in total. The van der Waals surface area contributed by atoms with E-state index in [9.17, 15) is 4.79 Å². The number of nitrogens with one attached hydrogen (secondary N) is 1. The van der Waals surface area contributed by atoms with Crippen LogP contribution in [0.25, 0.3) is 0 Å². The molecule has 3 heterocycles. The second-order valence-electron chi connectivity index (χ2n) is 7.91. The number of pyridine rings is 2. The van der Waals surface area contributed by atoms with Crippen molar-refractivity contribution in [3.05, 3.63) is 30.1 Å². The van der Waals surface area contributed by atoms with Gasteiger partial charge in [0.2, 0.25) is 11.6 Å². The number of ether oxygens (including phenoxy) is 4. The third-order valence-corrected chi connectivity index (χ3v) is 5.06. The lowest BCUT2D eigenvalue weighted by Crippen LogP contribution is -2.42. The van der Waals surface area contributed by atoms with Crippen molar-refractivity contribution < 1.29 is 28.8 Å². The number of rotatable bonds is 9. The summed E-state index contributed by atoms with van der Waals surface area (Å²) in [6.07, 6.45) is 2.56. The third-order valence-electron chi connectivity index (χ3n) is 5.06. The van der Waals surface area contributed by atoms with E-state index >= 15 is 0 Å². The first-order valence-electron chi connectivity index (χ1n) is 11.0. The van der Waals surface area contributed by atoms with E-state index in [1.807, 2.05) is 26.8 Å². The summed E-state index contributed by atoms with van der Waals surface area (Å²) in [4.78, 5) is 22.6. The fourth-order valence-electron chi connectivity index (χ4n) is 3.45. The first-order chi connectivity index (χ1) is 15.9. The molecule has 33 heavy (non-hydrogen) atoms. The van der Waals surface area contributed by atoms with Gasteiger partial charge in [-0.25, -0.2) is 14.8 Å². The van der Waals surface area contributed by atoms with E-state index in [-0.39, 0.29) is 31.5 Å². The number of amides is 1. The minimum atomic E-state index is -0.284. The van der Waals surface area contributed by atoms with E-state index in [4.69, 9.17) is 24.1 Å². The van der Waals surface area contributed by atoms with E-state index in [1.54, 1.807) is 30.3 Å². The molecule has 2 aromatic rings. The molecule has 0 aliphatic carbocycles. The van der Waals surface area contributed by atoms with E-state index in [1.165, 1.54) is 0 Å². The fraction of sp³-hybridized carbons (Fsp3) is 0.522. The molecule has 1 fully saturated rings. The number of piperidine rings is 1. The summed E-state index contributed by atoms with van der Waals surface area (Å²) in [5.41, 5.74) is 1.45. The van der Waals surface area contributed by atoms with Crippen LogP contribution in [0.3, 0.4) is 0 Å². The zero-order chi connectivity index (χ0) is 23.8. The van der Waals surface area contributed by atoms with E-state index in [0.29, 0.717) is 54.8 Å². The van der Waals surface area contributed by atoms with Gasteiger partial charge in [0.25, 0.3) is 0 Å². The van der Waals surface area contributed by atoms with Crippen molar-refractivity contribution in [2.24, 2.45) is 0 Å². The number of hydrogen-bond acceptors (Lipinski definition) is 9. The number of hydrogen-bond donors (Lipinski definition) is 2. The number of aromatic nitrogens is 2. The topological polar surface area (TPSA) is 115 Å². The quantitative estimate of drug-likeness (QED) is 0.581. The summed E-state index contributed by atoms with van der Waals surface area (Å²) in [6.45, 7) is 6.79. The normalized spacial score (nSPS) is 14.2. The molecule has 0 radical (unpaired) electrons. The van der Waals surface area contributed by atoms with Crippen LogP contribution in [0.1, 0.15) is 32.4 Å². The molecular formula is C23H32N4O6. The predicted molar refractivity (Wildman–Crippen MR) is 122 cm³/mol. The zero-order valence-corrected chi connectivity index (χ0v) is 19.5. The van der Waals surface area contributed by atoms with Crippen molar-refractivity contribution in [3.63, 3.8) is 0 Å². The maximum Gasteiger partial charge on any atom is 0.410 e. The van der Waals surface area contributed by atoms with E-state index < -0.39 is 0 Å². The SMILES string of the molecule is COc1c(OC2CCN(C(=O)OC(C)C)CC2)ccnc1Nc1ccc(OCCO)nc1C. The highest BCUT2D eigenvalue weighted by molar-refractivity contribution is 5.68. The van der Waals surface area contributed by atoms with Crippen molar-refractivity contribution in [1.29, 1.82) is 0 Å². The van der Waals surface area contributed by atoms with Gasteiger partial charge in [0.05, 0.1) is 31.2 Å². The monoisotopic (exact) mass is 460 g/mol. The van der Waals surface area contributed by atoms with Crippen LogP contribution in [-0.2, 0) is 4.74 Å². The smallest absolute Gasteiger partial charge is 0.410 e. The third kappa shape index (κ3) is 6.61. The molecule has 1 amide bonds. The van der Waals surface area contributed by atoms with Crippen molar-refractivity contribution in [1.82, 2.24) is 14.9 Å². The molecule has 180 valence electrons. The van der Waals surface area contributed by atoms with Crippen molar-refractivity contribution >= 4 is 17.6 Å². The largest absolute Gasteiger partial charge is 0.490 e. The summed E-state index contributed by atoms with van der Waals surface area (Å²) in [5, 5.41) is 12.1. The molecule has 0 unspecified atom stereocenters. The highest BCUT2D eigenvalue weighted by Crippen LogP contribution is 2.37. The van der Waals surface area contributed by atoms with Crippen LogP contribution in [-0.4, -0.2) is 71.7 Å². The van der Waals surface area contributed by atoms with Gasteiger partial charge in [0, 0.05) is 44.3 Å².